The highest BCUT2D eigenvalue weighted by atomic mass is 16.5. The monoisotopic (exact) mass is 440 g/mol. The summed E-state index contributed by atoms with van der Waals surface area (Å²) in [5, 5.41) is 6.00. The molecule has 0 spiro atoms. The van der Waals surface area contributed by atoms with Crippen molar-refractivity contribution < 1.29 is 18.7 Å². The molecule has 0 radical (unpaired) electrons. The second-order valence-corrected chi connectivity index (χ2v) is 8.47. The van der Waals surface area contributed by atoms with Crippen molar-refractivity contribution in [1.82, 2.24) is 15.1 Å². The highest BCUT2D eigenvalue weighted by molar-refractivity contribution is 5.89. The zero-order valence-electron chi connectivity index (χ0n) is 18.6. The van der Waals surface area contributed by atoms with Crippen LogP contribution in [0.4, 0.5) is 10.5 Å². The van der Waals surface area contributed by atoms with Crippen molar-refractivity contribution in [3.8, 4) is 5.75 Å². The molecule has 1 saturated heterocycles. The van der Waals surface area contributed by atoms with E-state index in [1.807, 2.05) is 41.3 Å². The molecule has 172 valence electrons. The number of anilines is 1. The van der Waals surface area contributed by atoms with Crippen LogP contribution in [-0.4, -0.2) is 61.1 Å². The highest BCUT2D eigenvalue weighted by Crippen LogP contribution is 2.31. The Morgan fingerprint density at radius 1 is 1.09 bits per heavy atom. The molecule has 2 aromatic rings. The van der Waals surface area contributed by atoms with Crippen molar-refractivity contribution in [3.05, 3.63) is 48.4 Å². The fourth-order valence-electron chi connectivity index (χ4n) is 4.72. The van der Waals surface area contributed by atoms with Crippen LogP contribution >= 0.6 is 0 Å². The number of benzene rings is 1. The molecular formula is C24H32N4O4. The van der Waals surface area contributed by atoms with E-state index in [0.29, 0.717) is 38.6 Å². The Hall–Kier alpha value is -3.00. The highest BCUT2D eigenvalue weighted by Gasteiger charge is 2.37. The molecule has 2 fully saturated rings. The first-order valence-corrected chi connectivity index (χ1v) is 11.4. The van der Waals surface area contributed by atoms with Gasteiger partial charge in [0.15, 0.2) is 0 Å². The largest absolute Gasteiger partial charge is 0.497 e. The molecule has 1 saturated carbocycles. The van der Waals surface area contributed by atoms with Gasteiger partial charge < -0.3 is 24.7 Å². The van der Waals surface area contributed by atoms with Crippen LogP contribution in [0, 0.1) is 5.92 Å². The number of nitrogens with zero attached hydrogens (tertiary/aromatic N) is 2. The topological polar surface area (TPSA) is 87.0 Å². The number of hydrogen-bond acceptors (Lipinski definition) is 5. The van der Waals surface area contributed by atoms with Crippen LogP contribution in [0.25, 0.3) is 0 Å². The van der Waals surface area contributed by atoms with Gasteiger partial charge in [-0.2, -0.15) is 0 Å². The average Bonchev–Trinajstić information content (AvgIpc) is 3.53. The van der Waals surface area contributed by atoms with Gasteiger partial charge in [-0.3, -0.25) is 9.69 Å². The van der Waals surface area contributed by atoms with E-state index in [4.69, 9.17) is 9.15 Å². The summed E-state index contributed by atoms with van der Waals surface area (Å²) >= 11 is 0. The smallest absolute Gasteiger partial charge is 0.321 e. The number of ether oxygens (including phenoxy) is 1. The number of hydrogen-bond donors (Lipinski definition) is 2. The lowest BCUT2D eigenvalue weighted by Gasteiger charge is -2.40. The summed E-state index contributed by atoms with van der Waals surface area (Å²) in [5.41, 5.74) is 0.736. The van der Waals surface area contributed by atoms with Gasteiger partial charge in [0.2, 0.25) is 5.91 Å². The maximum atomic E-state index is 13.1. The summed E-state index contributed by atoms with van der Waals surface area (Å²) in [4.78, 5) is 29.9. The fraction of sp³-hybridized carbons (Fsp3) is 0.500. The predicted octanol–water partition coefficient (Wildman–Crippen LogP) is 3.31. The van der Waals surface area contributed by atoms with Gasteiger partial charge >= 0.3 is 6.03 Å². The minimum Gasteiger partial charge on any atom is -0.497 e. The maximum absolute atomic E-state index is 13.1. The van der Waals surface area contributed by atoms with Gasteiger partial charge in [0.25, 0.3) is 0 Å². The number of furan rings is 1. The third-order valence-corrected chi connectivity index (χ3v) is 6.47. The van der Waals surface area contributed by atoms with Gasteiger partial charge in [0, 0.05) is 31.9 Å². The first-order valence-electron chi connectivity index (χ1n) is 11.4. The van der Waals surface area contributed by atoms with Crippen molar-refractivity contribution in [3.63, 3.8) is 0 Å². The van der Waals surface area contributed by atoms with Gasteiger partial charge in [-0.15, -0.1) is 0 Å². The Morgan fingerprint density at radius 2 is 1.81 bits per heavy atom. The normalized spacial score (nSPS) is 18.3. The summed E-state index contributed by atoms with van der Waals surface area (Å²) < 4.78 is 10.5. The van der Waals surface area contributed by atoms with Crippen molar-refractivity contribution in [2.45, 2.75) is 38.3 Å². The summed E-state index contributed by atoms with van der Waals surface area (Å²) in [7, 11) is 1.61. The number of rotatable bonds is 7. The second kappa shape index (κ2) is 10.5. The lowest BCUT2D eigenvalue weighted by atomic mass is 9.95. The zero-order chi connectivity index (χ0) is 22.3. The molecule has 32 heavy (non-hydrogen) atoms. The molecule has 0 bridgehead atoms. The molecule has 8 heteroatoms. The summed E-state index contributed by atoms with van der Waals surface area (Å²) in [6, 6.07) is 10.7. The molecule has 1 aromatic heterocycles. The van der Waals surface area contributed by atoms with E-state index in [-0.39, 0.29) is 18.0 Å². The molecule has 8 nitrogen and oxygen atoms in total. The fourth-order valence-corrected chi connectivity index (χ4v) is 4.72. The van der Waals surface area contributed by atoms with Gasteiger partial charge in [0.1, 0.15) is 11.5 Å². The number of urea groups is 1. The second-order valence-electron chi connectivity index (χ2n) is 8.47. The molecule has 2 heterocycles. The summed E-state index contributed by atoms with van der Waals surface area (Å²) in [6.07, 6.45) is 6.13. The molecule has 4 rings (SSSR count). The van der Waals surface area contributed by atoms with Crippen molar-refractivity contribution in [1.29, 1.82) is 0 Å². The summed E-state index contributed by atoms with van der Waals surface area (Å²) in [6.45, 7) is 2.96. The maximum Gasteiger partial charge on any atom is 0.321 e. The Kier molecular flexibility index (Phi) is 7.32. The van der Waals surface area contributed by atoms with E-state index >= 15 is 0 Å². The van der Waals surface area contributed by atoms with Crippen LogP contribution in [0.15, 0.2) is 47.1 Å². The van der Waals surface area contributed by atoms with E-state index < -0.39 is 0 Å². The van der Waals surface area contributed by atoms with Crippen LogP contribution in [0.3, 0.4) is 0 Å². The minimum atomic E-state index is -0.153. The standard InChI is InChI=1S/C24H32N4O4/c1-31-20-10-8-19(9-11-20)26-24(30)28-14-12-27(13-15-28)22(18-5-2-3-6-18)23(29)25-17-21-7-4-16-32-21/h4,7-11,16,18,22H,2-3,5-6,12-15,17H2,1H3,(H,25,29)(H,26,30). The lowest BCUT2D eigenvalue weighted by Crippen LogP contribution is -2.58. The van der Waals surface area contributed by atoms with E-state index in [1.54, 1.807) is 13.4 Å². The average molecular weight is 441 g/mol. The molecule has 2 N–H and O–H groups in total. The molecule has 1 aliphatic carbocycles. The first kappa shape index (κ1) is 22.2. The number of amides is 3. The molecule has 3 amide bonds. The SMILES string of the molecule is COc1ccc(NC(=O)N2CCN(C(C(=O)NCc3ccco3)C3CCCC3)CC2)cc1. The van der Waals surface area contributed by atoms with Crippen molar-refractivity contribution in [2.75, 3.05) is 38.6 Å². The molecule has 1 atom stereocenters. The number of methoxy groups -OCH3 is 1. The number of carbonyl (C=O) groups is 2. The number of piperazine rings is 1. The van der Waals surface area contributed by atoms with E-state index in [2.05, 4.69) is 15.5 Å². The van der Waals surface area contributed by atoms with Crippen LogP contribution < -0.4 is 15.4 Å². The van der Waals surface area contributed by atoms with Gasteiger partial charge in [-0.25, -0.2) is 4.79 Å². The first-order chi connectivity index (χ1) is 15.6. The van der Waals surface area contributed by atoms with E-state index in [0.717, 1.165) is 30.0 Å². The van der Waals surface area contributed by atoms with E-state index in [9.17, 15) is 9.59 Å². The molecule has 1 aromatic carbocycles. The third kappa shape index (κ3) is 5.43. The molecule has 1 aliphatic heterocycles. The molecule has 2 aliphatic rings. The van der Waals surface area contributed by atoms with Crippen LogP contribution in [0.2, 0.25) is 0 Å². The zero-order valence-corrected chi connectivity index (χ0v) is 18.6. The molecule has 1 unspecified atom stereocenters. The quantitative estimate of drug-likeness (QED) is 0.690. The number of carbonyl (C=O) groups excluding carboxylic acids is 2. The third-order valence-electron chi connectivity index (χ3n) is 6.47. The minimum absolute atomic E-state index is 0.0597. The summed E-state index contributed by atoms with van der Waals surface area (Å²) in [5.74, 6) is 1.93. The van der Waals surface area contributed by atoms with E-state index in [1.165, 1.54) is 12.8 Å². The van der Waals surface area contributed by atoms with Crippen LogP contribution in [0.1, 0.15) is 31.4 Å². The lowest BCUT2D eigenvalue weighted by molar-refractivity contribution is -0.129. The van der Waals surface area contributed by atoms with Crippen molar-refractivity contribution in [2.24, 2.45) is 5.92 Å². The Morgan fingerprint density at radius 3 is 2.44 bits per heavy atom. The molecular weight excluding hydrogens is 408 g/mol. The Labute approximate surface area is 188 Å². The number of nitrogens with one attached hydrogen (secondary N) is 2. The van der Waals surface area contributed by atoms with Gasteiger partial charge in [-0.05, 0) is 55.2 Å². The predicted molar refractivity (Wildman–Crippen MR) is 121 cm³/mol. The van der Waals surface area contributed by atoms with Gasteiger partial charge in [-0.1, -0.05) is 12.8 Å². The van der Waals surface area contributed by atoms with Crippen LogP contribution in [0.5, 0.6) is 5.75 Å². The Balaban J connectivity index is 1.32. The van der Waals surface area contributed by atoms with Crippen LogP contribution in [-0.2, 0) is 11.3 Å². The van der Waals surface area contributed by atoms with Gasteiger partial charge in [0.05, 0.1) is 26.0 Å². The Bertz CT molecular complexity index is 870. The van der Waals surface area contributed by atoms with Crippen molar-refractivity contribution >= 4 is 17.6 Å².